The van der Waals surface area contributed by atoms with Crippen molar-refractivity contribution in [3.05, 3.63) is 71.3 Å². The third-order valence-electron chi connectivity index (χ3n) is 8.27. The number of carbonyl (C=O) groups excluding carboxylic acids is 3. The second-order valence-electron chi connectivity index (χ2n) is 11.1. The average Bonchev–Trinajstić information content (AvgIpc) is 3.33. The van der Waals surface area contributed by atoms with Gasteiger partial charge >= 0.3 is 0 Å². The summed E-state index contributed by atoms with van der Waals surface area (Å²) in [6, 6.07) is 16.7. The lowest BCUT2D eigenvalue weighted by molar-refractivity contribution is -0.143. The van der Waals surface area contributed by atoms with Crippen LogP contribution >= 0.6 is 0 Å². The first kappa shape index (κ1) is 27.8. The predicted octanol–water partition coefficient (Wildman–Crippen LogP) is 4.85. The molecule has 204 valence electrons. The number of likely N-dealkylation sites (tertiary alicyclic amines) is 2. The lowest BCUT2D eigenvalue weighted by Gasteiger charge is -2.36. The minimum atomic E-state index is -1.23. The van der Waals surface area contributed by atoms with Crippen LogP contribution in [0.3, 0.4) is 0 Å². The summed E-state index contributed by atoms with van der Waals surface area (Å²) in [5, 5.41) is 3.14. The van der Waals surface area contributed by atoms with Crippen molar-refractivity contribution in [1.29, 1.82) is 0 Å². The highest BCUT2D eigenvalue weighted by atomic mass is 19.1. The Morgan fingerprint density at radius 3 is 2.05 bits per heavy atom. The zero-order valence-corrected chi connectivity index (χ0v) is 22.9. The Kier molecular flexibility index (Phi) is 8.85. The summed E-state index contributed by atoms with van der Waals surface area (Å²) in [6.07, 6.45) is 0.236. The zero-order valence-electron chi connectivity index (χ0n) is 22.9. The van der Waals surface area contributed by atoms with E-state index in [-0.39, 0.29) is 42.5 Å². The average molecular weight is 522 g/mol. The highest BCUT2D eigenvalue weighted by Crippen LogP contribution is 2.31. The maximum atomic E-state index is 14.7. The minimum Gasteiger partial charge on any atom is -0.343 e. The summed E-state index contributed by atoms with van der Waals surface area (Å²) in [5.41, 5.74) is 3.08. The SMILES string of the molecule is CC(=O)N1CCC(C(C)C(=O)N2CC(F)CC2C(=O)NC(c2ccccc2)c2ccc(C(C)C)cc2)CC1. The standard InChI is InChI=1S/C31H40FN3O3/c1-20(2)23-10-12-26(13-11-23)29(25-8-6-5-7-9-25)33-30(37)28-18-27(32)19-35(28)31(38)21(3)24-14-16-34(17-15-24)22(4)36/h5-13,20-21,24,27-29H,14-19H2,1-4H3,(H,33,37). The number of hydrogen-bond acceptors (Lipinski definition) is 3. The van der Waals surface area contributed by atoms with Crippen molar-refractivity contribution in [3.63, 3.8) is 0 Å². The Morgan fingerprint density at radius 1 is 0.895 bits per heavy atom. The van der Waals surface area contributed by atoms with Gasteiger partial charge in [-0.05, 0) is 41.4 Å². The maximum Gasteiger partial charge on any atom is 0.243 e. The summed E-state index contributed by atoms with van der Waals surface area (Å²) in [5.74, 6) is -0.297. The molecule has 2 aliphatic rings. The second-order valence-corrected chi connectivity index (χ2v) is 11.1. The molecule has 2 aromatic rings. The van der Waals surface area contributed by atoms with Crippen molar-refractivity contribution < 1.29 is 18.8 Å². The van der Waals surface area contributed by atoms with Crippen molar-refractivity contribution >= 4 is 17.7 Å². The summed E-state index contributed by atoms with van der Waals surface area (Å²) in [4.78, 5) is 42.1. The van der Waals surface area contributed by atoms with E-state index in [0.29, 0.717) is 19.0 Å². The number of alkyl halides is 1. The van der Waals surface area contributed by atoms with Crippen LogP contribution in [0.4, 0.5) is 4.39 Å². The monoisotopic (exact) mass is 521 g/mol. The van der Waals surface area contributed by atoms with Crippen molar-refractivity contribution in [2.45, 2.75) is 71.1 Å². The van der Waals surface area contributed by atoms with Gasteiger partial charge in [-0.25, -0.2) is 4.39 Å². The molecule has 2 aromatic carbocycles. The van der Waals surface area contributed by atoms with E-state index in [1.165, 1.54) is 10.5 Å². The van der Waals surface area contributed by atoms with E-state index in [1.807, 2.05) is 49.4 Å². The molecule has 0 saturated carbocycles. The Morgan fingerprint density at radius 2 is 1.47 bits per heavy atom. The quantitative estimate of drug-likeness (QED) is 0.566. The molecule has 6 nitrogen and oxygen atoms in total. The van der Waals surface area contributed by atoms with Gasteiger partial charge in [0.2, 0.25) is 17.7 Å². The molecule has 1 N–H and O–H groups in total. The van der Waals surface area contributed by atoms with Gasteiger partial charge in [0.15, 0.2) is 0 Å². The number of hydrogen-bond donors (Lipinski definition) is 1. The van der Waals surface area contributed by atoms with Crippen molar-refractivity contribution in [2.75, 3.05) is 19.6 Å². The van der Waals surface area contributed by atoms with Gasteiger partial charge in [-0.15, -0.1) is 0 Å². The Hall–Kier alpha value is -3.22. The van der Waals surface area contributed by atoms with E-state index in [1.54, 1.807) is 11.8 Å². The number of benzene rings is 2. The lowest BCUT2D eigenvalue weighted by atomic mass is 9.84. The normalized spacial score (nSPS) is 21.8. The van der Waals surface area contributed by atoms with Crippen LogP contribution in [-0.4, -0.2) is 59.4 Å². The zero-order chi connectivity index (χ0) is 27.4. The molecular weight excluding hydrogens is 481 g/mol. The van der Waals surface area contributed by atoms with Gasteiger partial charge in [0.25, 0.3) is 0 Å². The molecule has 0 radical (unpaired) electrons. The highest BCUT2D eigenvalue weighted by molar-refractivity contribution is 5.89. The smallest absolute Gasteiger partial charge is 0.243 e. The molecule has 2 aliphatic heterocycles. The fourth-order valence-electron chi connectivity index (χ4n) is 5.77. The minimum absolute atomic E-state index is 0.000864. The number of rotatable bonds is 7. The number of amides is 3. The summed E-state index contributed by atoms with van der Waals surface area (Å²) >= 11 is 0. The largest absolute Gasteiger partial charge is 0.343 e. The maximum absolute atomic E-state index is 14.7. The third-order valence-corrected chi connectivity index (χ3v) is 8.27. The van der Waals surface area contributed by atoms with E-state index in [9.17, 15) is 18.8 Å². The molecular formula is C31H40FN3O3. The second kappa shape index (κ2) is 12.1. The number of nitrogens with one attached hydrogen (secondary N) is 1. The molecule has 2 saturated heterocycles. The van der Waals surface area contributed by atoms with Crippen LogP contribution in [0.15, 0.2) is 54.6 Å². The molecule has 7 heteroatoms. The van der Waals surface area contributed by atoms with E-state index in [0.717, 1.165) is 24.0 Å². The van der Waals surface area contributed by atoms with Gasteiger partial charge in [-0.3, -0.25) is 14.4 Å². The van der Waals surface area contributed by atoms with Gasteiger partial charge in [0.1, 0.15) is 12.2 Å². The number of carbonyl (C=O) groups is 3. The Balaban J connectivity index is 1.50. The molecule has 0 bridgehead atoms. The molecule has 0 aromatic heterocycles. The van der Waals surface area contributed by atoms with Crippen molar-refractivity contribution in [2.24, 2.45) is 11.8 Å². The first-order chi connectivity index (χ1) is 18.2. The van der Waals surface area contributed by atoms with E-state index in [4.69, 9.17) is 0 Å². The number of halogens is 1. The first-order valence-electron chi connectivity index (χ1n) is 13.8. The Labute approximate surface area is 225 Å². The van der Waals surface area contributed by atoms with Crippen molar-refractivity contribution in [3.8, 4) is 0 Å². The molecule has 3 amide bonds. The summed E-state index contributed by atoms with van der Waals surface area (Å²) < 4.78 is 14.7. The van der Waals surface area contributed by atoms with Crippen LogP contribution in [0.2, 0.25) is 0 Å². The van der Waals surface area contributed by atoms with E-state index >= 15 is 0 Å². The molecule has 4 atom stereocenters. The van der Waals surface area contributed by atoms with Gasteiger partial charge in [0.05, 0.1) is 12.6 Å². The van der Waals surface area contributed by atoms with Crippen LogP contribution in [-0.2, 0) is 14.4 Å². The van der Waals surface area contributed by atoms with Crippen LogP contribution in [0.1, 0.15) is 75.6 Å². The molecule has 0 spiro atoms. The molecule has 2 heterocycles. The van der Waals surface area contributed by atoms with Crippen LogP contribution in [0.5, 0.6) is 0 Å². The topological polar surface area (TPSA) is 69.7 Å². The molecule has 2 fully saturated rings. The molecule has 4 unspecified atom stereocenters. The number of piperidine rings is 1. The van der Waals surface area contributed by atoms with Crippen LogP contribution < -0.4 is 5.32 Å². The van der Waals surface area contributed by atoms with E-state index in [2.05, 4.69) is 31.3 Å². The molecule has 0 aliphatic carbocycles. The van der Waals surface area contributed by atoms with Gasteiger partial charge in [-0.2, -0.15) is 0 Å². The summed E-state index contributed by atoms with van der Waals surface area (Å²) in [6.45, 7) is 8.90. The van der Waals surface area contributed by atoms with E-state index < -0.39 is 18.3 Å². The molecule has 38 heavy (non-hydrogen) atoms. The van der Waals surface area contributed by atoms with Crippen LogP contribution in [0.25, 0.3) is 0 Å². The first-order valence-corrected chi connectivity index (χ1v) is 13.8. The van der Waals surface area contributed by atoms with Crippen LogP contribution in [0, 0.1) is 11.8 Å². The molecule has 4 rings (SSSR count). The third kappa shape index (κ3) is 6.25. The lowest BCUT2D eigenvalue weighted by Crippen LogP contribution is -2.50. The fraction of sp³-hybridized carbons (Fsp3) is 0.516. The predicted molar refractivity (Wildman–Crippen MR) is 146 cm³/mol. The Bertz CT molecular complexity index is 1110. The van der Waals surface area contributed by atoms with Gasteiger partial charge in [-0.1, -0.05) is 75.4 Å². The van der Waals surface area contributed by atoms with Gasteiger partial charge < -0.3 is 15.1 Å². The number of nitrogens with zero attached hydrogens (tertiary/aromatic N) is 2. The van der Waals surface area contributed by atoms with Gasteiger partial charge in [0, 0.05) is 32.4 Å². The fourth-order valence-corrected chi connectivity index (χ4v) is 5.77. The highest BCUT2D eigenvalue weighted by Gasteiger charge is 2.43. The summed E-state index contributed by atoms with van der Waals surface area (Å²) in [7, 11) is 0. The van der Waals surface area contributed by atoms with Crippen molar-refractivity contribution in [1.82, 2.24) is 15.1 Å².